The van der Waals surface area contributed by atoms with Crippen LogP contribution in [0.4, 0.5) is 17.1 Å². The van der Waals surface area contributed by atoms with Crippen LogP contribution < -0.4 is 44.7 Å². The Kier molecular flexibility index (Phi) is 10.6. The molecule has 0 atom stereocenters. The first kappa shape index (κ1) is 31.8. The molecule has 4 aromatic rings. The van der Waals surface area contributed by atoms with Crippen LogP contribution in [-0.2, 0) is 16.5 Å². The number of halogens is 2. The number of carbonyl (C=O) groups is 1. The molecule has 0 bridgehead atoms. The van der Waals surface area contributed by atoms with Crippen LogP contribution >= 0.6 is 23.2 Å². The summed E-state index contributed by atoms with van der Waals surface area (Å²) in [6.07, 6.45) is 0.289. The first-order valence-electron chi connectivity index (χ1n) is 11.7. The second kappa shape index (κ2) is 13.3. The Morgan fingerprint density at radius 1 is 1.05 bits per heavy atom. The van der Waals surface area contributed by atoms with Crippen molar-refractivity contribution in [3.05, 3.63) is 81.8 Å². The molecule has 0 unspecified atom stereocenters. The number of aryl methyl sites for hydroxylation is 1. The van der Waals surface area contributed by atoms with Gasteiger partial charge in [0.2, 0.25) is 0 Å². The van der Waals surface area contributed by atoms with Gasteiger partial charge < -0.3 is 15.2 Å². The van der Waals surface area contributed by atoms with Crippen LogP contribution in [0, 0.1) is 0 Å². The van der Waals surface area contributed by atoms with Crippen molar-refractivity contribution < 1.29 is 57.2 Å². The molecule has 4 aromatic carbocycles. The number of fused-ring (bicyclic) bond motifs is 1. The van der Waals surface area contributed by atoms with Crippen LogP contribution in [0.25, 0.3) is 10.8 Å². The molecule has 0 saturated carbocycles. The van der Waals surface area contributed by atoms with Crippen molar-refractivity contribution in [2.45, 2.75) is 25.2 Å². The third-order valence-corrected chi connectivity index (χ3v) is 7.56. The molecule has 202 valence electrons. The summed E-state index contributed by atoms with van der Waals surface area (Å²) in [4.78, 5) is 12.7. The SMILES string of the molecule is CCOc1ccc(NC(=O)c2cc3ccccc3c(N=Nc3ccc(CC)c(S(=O)(=O)O)c3Cl)c2[O-])c(Cl)c1.[Na+]. The zero-order valence-corrected chi connectivity index (χ0v) is 26.1. The standard InChI is InChI=1S/C27H23Cl2N3O6S.Na/c1-3-15-9-11-22(23(29)26(15)39(35,36)37)31-32-24-18-8-6-5-7-16(18)13-19(25(24)33)27(34)30-21-12-10-17(38-4-2)14-20(21)28;/h5-14,33H,3-4H2,1-2H3,(H,30,34)(H,35,36,37);/q;+1/p-1. The van der Waals surface area contributed by atoms with Gasteiger partial charge in [-0.05, 0) is 48.6 Å². The number of hydrogen-bond acceptors (Lipinski definition) is 7. The van der Waals surface area contributed by atoms with Crippen molar-refractivity contribution >= 4 is 67.1 Å². The second-order valence-electron chi connectivity index (χ2n) is 8.27. The minimum absolute atomic E-state index is 0. The van der Waals surface area contributed by atoms with Gasteiger partial charge in [0.15, 0.2) is 0 Å². The van der Waals surface area contributed by atoms with E-state index in [2.05, 4.69) is 15.5 Å². The summed E-state index contributed by atoms with van der Waals surface area (Å²) in [7, 11) is -4.65. The molecule has 0 radical (unpaired) electrons. The maximum absolute atomic E-state index is 13.4. The van der Waals surface area contributed by atoms with Gasteiger partial charge in [0.25, 0.3) is 16.0 Å². The molecule has 40 heavy (non-hydrogen) atoms. The van der Waals surface area contributed by atoms with Crippen molar-refractivity contribution in [1.29, 1.82) is 0 Å². The number of ether oxygens (including phenoxy) is 1. The zero-order valence-electron chi connectivity index (χ0n) is 21.7. The minimum atomic E-state index is -4.65. The largest absolute Gasteiger partial charge is 1.00 e. The van der Waals surface area contributed by atoms with E-state index >= 15 is 0 Å². The third kappa shape index (κ3) is 6.77. The molecule has 0 aliphatic heterocycles. The van der Waals surface area contributed by atoms with E-state index in [0.717, 1.165) is 0 Å². The number of carbonyl (C=O) groups excluding carboxylic acids is 1. The van der Waals surface area contributed by atoms with Crippen LogP contribution in [0.3, 0.4) is 0 Å². The number of anilines is 1. The molecule has 0 aliphatic carbocycles. The van der Waals surface area contributed by atoms with Gasteiger partial charge in [0.05, 0.1) is 28.0 Å². The van der Waals surface area contributed by atoms with Gasteiger partial charge in [-0.1, -0.05) is 66.2 Å². The van der Waals surface area contributed by atoms with Crippen LogP contribution in [-0.4, -0.2) is 25.5 Å². The van der Waals surface area contributed by atoms with Crippen molar-refractivity contribution in [3.63, 3.8) is 0 Å². The van der Waals surface area contributed by atoms with Gasteiger partial charge in [-0.15, -0.1) is 5.11 Å². The second-order valence-corrected chi connectivity index (χ2v) is 10.4. The van der Waals surface area contributed by atoms with Gasteiger partial charge in [0, 0.05) is 17.0 Å². The van der Waals surface area contributed by atoms with E-state index in [1.165, 1.54) is 18.2 Å². The van der Waals surface area contributed by atoms with E-state index in [4.69, 9.17) is 27.9 Å². The van der Waals surface area contributed by atoms with E-state index in [1.54, 1.807) is 49.4 Å². The van der Waals surface area contributed by atoms with Crippen LogP contribution in [0.2, 0.25) is 10.0 Å². The van der Waals surface area contributed by atoms with Gasteiger partial charge >= 0.3 is 29.6 Å². The monoisotopic (exact) mass is 609 g/mol. The summed E-state index contributed by atoms with van der Waals surface area (Å²) in [6.45, 7) is 3.98. The Hall–Kier alpha value is -2.70. The van der Waals surface area contributed by atoms with Crippen LogP contribution in [0.15, 0.2) is 75.8 Å². The van der Waals surface area contributed by atoms with Crippen molar-refractivity contribution in [2.24, 2.45) is 10.2 Å². The number of nitrogens with zero attached hydrogens (tertiary/aromatic N) is 2. The molecule has 1 amide bonds. The maximum atomic E-state index is 13.4. The fourth-order valence-electron chi connectivity index (χ4n) is 3.94. The van der Waals surface area contributed by atoms with Gasteiger partial charge in [-0.25, -0.2) is 0 Å². The predicted octanol–water partition coefficient (Wildman–Crippen LogP) is 4.10. The van der Waals surface area contributed by atoms with Crippen LogP contribution in [0.5, 0.6) is 11.5 Å². The van der Waals surface area contributed by atoms with E-state index < -0.39 is 26.7 Å². The van der Waals surface area contributed by atoms with Gasteiger partial charge in [0.1, 0.15) is 16.3 Å². The van der Waals surface area contributed by atoms with E-state index in [-0.39, 0.29) is 68.6 Å². The Bertz CT molecular complexity index is 1730. The molecule has 0 heterocycles. The first-order valence-corrected chi connectivity index (χ1v) is 13.9. The summed E-state index contributed by atoms with van der Waals surface area (Å²) >= 11 is 12.5. The average Bonchev–Trinajstić information content (AvgIpc) is 2.89. The summed E-state index contributed by atoms with van der Waals surface area (Å²) in [6, 6.07) is 15.8. The Morgan fingerprint density at radius 2 is 1.77 bits per heavy atom. The van der Waals surface area contributed by atoms with E-state index in [0.29, 0.717) is 28.7 Å². The van der Waals surface area contributed by atoms with Crippen molar-refractivity contribution in [3.8, 4) is 11.5 Å². The number of rotatable bonds is 8. The third-order valence-electron chi connectivity index (χ3n) is 5.77. The zero-order chi connectivity index (χ0) is 28.3. The van der Waals surface area contributed by atoms with Gasteiger partial charge in [-0.3, -0.25) is 9.35 Å². The Labute approximate surface area is 263 Å². The molecule has 4 rings (SSSR count). The molecule has 0 saturated heterocycles. The number of nitrogens with one attached hydrogen (secondary N) is 1. The van der Waals surface area contributed by atoms with Gasteiger partial charge in [-0.2, -0.15) is 13.5 Å². The quantitative estimate of drug-likeness (QED) is 0.175. The molecule has 13 heteroatoms. The molecular weight excluding hydrogens is 588 g/mol. The number of hydrogen-bond donors (Lipinski definition) is 2. The predicted molar refractivity (Wildman–Crippen MR) is 149 cm³/mol. The minimum Gasteiger partial charge on any atom is -0.870 e. The maximum Gasteiger partial charge on any atom is 1.00 e. The summed E-state index contributed by atoms with van der Waals surface area (Å²) in [5.74, 6) is -0.901. The molecule has 0 aliphatic rings. The normalized spacial score (nSPS) is 11.4. The fraction of sp³-hybridized carbons (Fsp3) is 0.148. The first-order chi connectivity index (χ1) is 18.5. The number of azo groups is 1. The van der Waals surface area contributed by atoms with Crippen LogP contribution in [0.1, 0.15) is 29.8 Å². The Balaban J connectivity index is 0.00000441. The molecule has 0 fully saturated rings. The number of benzene rings is 4. The van der Waals surface area contributed by atoms with E-state index in [9.17, 15) is 22.9 Å². The molecular formula is C27H22Cl2N3NaO6S. The molecule has 0 aromatic heterocycles. The van der Waals surface area contributed by atoms with Crippen molar-refractivity contribution in [2.75, 3.05) is 11.9 Å². The smallest absolute Gasteiger partial charge is 0.870 e. The summed E-state index contributed by atoms with van der Waals surface area (Å²) in [5, 5.41) is 25.0. The summed E-state index contributed by atoms with van der Waals surface area (Å²) in [5.41, 5.74) is 0.129. The topological polar surface area (TPSA) is 140 Å². The number of amides is 1. The molecule has 2 N–H and O–H groups in total. The fourth-order valence-corrected chi connectivity index (χ4v) is 5.55. The molecule has 0 spiro atoms. The molecule has 9 nitrogen and oxygen atoms in total. The Morgan fingerprint density at radius 3 is 2.42 bits per heavy atom. The van der Waals surface area contributed by atoms with Crippen molar-refractivity contribution in [1.82, 2.24) is 0 Å². The summed E-state index contributed by atoms with van der Waals surface area (Å²) < 4.78 is 38.9. The average molecular weight is 610 g/mol. The van der Waals surface area contributed by atoms with E-state index in [1.807, 2.05) is 6.92 Å².